The average Bonchev–Trinajstić information content (AvgIpc) is 3.19. The van der Waals surface area contributed by atoms with Gasteiger partial charge in [0.05, 0.1) is 0 Å². The fourth-order valence-corrected chi connectivity index (χ4v) is 5.21. The molecule has 22 heavy (non-hydrogen) atoms. The van der Waals surface area contributed by atoms with E-state index in [-0.39, 0.29) is 0 Å². The van der Waals surface area contributed by atoms with E-state index >= 15 is 0 Å². The van der Waals surface area contributed by atoms with Crippen molar-refractivity contribution in [3.8, 4) is 0 Å². The Labute approximate surface area is 136 Å². The van der Waals surface area contributed by atoms with Crippen LogP contribution < -0.4 is 0 Å². The molecule has 0 heterocycles. The van der Waals surface area contributed by atoms with Crippen molar-refractivity contribution in [3.05, 3.63) is 23.8 Å². The van der Waals surface area contributed by atoms with Crippen molar-refractivity contribution >= 4 is 5.78 Å². The summed E-state index contributed by atoms with van der Waals surface area (Å²) in [7, 11) is 0. The maximum Gasteiger partial charge on any atom is 0.162 e. The van der Waals surface area contributed by atoms with Gasteiger partial charge in [0.25, 0.3) is 0 Å². The first kappa shape index (κ1) is 16.0. The monoisotopic (exact) mass is 300 g/mol. The third-order valence-corrected chi connectivity index (χ3v) is 6.26. The average molecular weight is 300 g/mol. The predicted octanol–water partition coefficient (Wildman–Crippen LogP) is 5.71. The number of allylic oxidation sites excluding steroid dienone is 4. The normalized spacial score (nSPS) is 37.5. The second kappa shape index (κ2) is 7.15. The summed E-state index contributed by atoms with van der Waals surface area (Å²) < 4.78 is 0. The molecule has 2 fully saturated rings. The maximum absolute atomic E-state index is 13.0. The van der Waals surface area contributed by atoms with E-state index in [2.05, 4.69) is 32.1 Å². The highest BCUT2D eigenvalue weighted by molar-refractivity contribution is 6.01. The van der Waals surface area contributed by atoms with Crippen molar-refractivity contribution in [2.24, 2.45) is 29.6 Å². The molecule has 0 radical (unpaired) electrons. The lowest BCUT2D eigenvalue weighted by atomic mass is 9.78. The van der Waals surface area contributed by atoms with Crippen LogP contribution in [0, 0.1) is 29.6 Å². The van der Waals surface area contributed by atoms with E-state index < -0.39 is 0 Å². The van der Waals surface area contributed by atoms with Crippen molar-refractivity contribution in [2.75, 3.05) is 0 Å². The number of carbonyl (C=O) groups excluding carboxylic acids is 1. The second-order valence-electron chi connectivity index (χ2n) is 7.67. The van der Waals surface area contributed by atoms with Crippen LogP contribution in [-0.2, 0) is 4.79 Å². The fraction of sp³-hybridized carbons (Fsp3) is 0.762. The molecule has 0 saturated heterocycles. The first-order chi connectivity index (χ1) is 10.8. The molecule has 3 rings (SSSR count). The molecular formula is C21H32O. The summed E-state index contributed by atoms with van der Waals surface area (Å²) in [6.07, 6.45) is 18.4. The molecule has 0 aromatic heterocycles. The minimum Gasteiger partial charge on any atom is -0.294 e. The quantitative estimate of drug-likeness (QED) is 0.319. The zero-order chi connectivity index (χ0) is 15.5. The molecule has 0 spiro atoms. The molecule has 0 amide bonds. The van der Waals surface area contributed by atoms with Crippen LogP contribution in [0.15, 0.2) is 23.8 Å². The Balaban J connectivity index is 1.70. The minimum atomic E-state index is 0.346. The lowest BCUT2D eigenvalue weighted by molar-refractivity contribution is -0.119. The molecular weight excluding hydrogens is 268 g/mol. The van der Waals surface area contributed by atoms with Gasteiger partial charge in [-0.25, -0.2) is 0 Å². The third-order valence-electron chi connectivity index (χ3n) is 6.26. The van der Waals surface area contributed by atoms with Crippen LogP contribution >= 0.6 is 0 Å². The summed E-state index contributed by atoms with van der Waals surface area (Å²) in [4.78, 5) is 13.0. The highest BCUT2D eigenvalue weighted by Gasteiger charge is 2.57. The molecule has 1 heteroatoms. The third kappa shape index (κ3) is 2.84. The Morgan fingerprint density at radius 3 is 2.59 bits per heavy atom. The Morgan fingerprint density at radius 1 is 1.05 bits per heavy atom. The van der Waals surface area contributed by atoms with Gasteiger partial charge >= 0.3 is 0 Å². The summed E-state index contributed by atoms with van der Waals surface area (Å²) in [5, 5.41) is 0. The van der Waals surface area contributed by atoms with Crippen LogP contribution in [0.5, 0.6) is 0 Å². The van der Waals surface area contributed by atoms with Gasteiger partial charge < -0.3 is 0 Å². The lowest BCUT2D eigenvalue weighted by Gasteiger charge is -2.24. The minimum absolute atomic E-state index is 0.346. The van der Waals surface area contributed by atoms with Crippen molar-refractivity contribution in [2.45, 2.75) is 71.6 Å². The van der Waals surface area contributed by atoms with Crippen molar-refractivity contribution < 1.29 is 4.79 Å². The SMILES string of the molecule is CCCCCC/C=C1/C(=O)[C@@H]2[C@H]([C@@H]1CCCC)[C@H]1C=C[C@@H]2C1. The van der Waals surface area contributed by atoms with E-state index in [1.54, 1.807) is 0 Å². The first-order valence-electron chi connectivity index (χ1n) is 9.70. The van der Waals surface area contributed by atoms with Crippen molar-refractivity contribution in [3.63, 3.8) is 0 Å². The van der Waals surface area contributed by atoms with Gasteiger partial charge in [0.1, 0.15) is 0 Å². The molecule has 5 atom stereocenters. The van der Waals surface area contributed by atoms with Gasteiger partial charge in [0, 0.05) is 5.92 Å². The van der Waals surface area contributed by atoms with Crippen LogP contribution in [0.2, 0.25) is 0 Å². The van der Waals surface area contributed by atoms with Crippen LogP contribution in [0.4, 0.5) is 0 Å². The van der Waals surface area contributed by atoms with E-state index in [4.69, 9.17) is 0 Å². The van der Waals surface area contributed by atoms with E-state index in [1.807, 2.05) is 0 Å². The van der Waals surface area contributed by atoms with Gasteiger partial charge in [-0.2, -0.15) is 0 Å². The van der Waals surface area contributed by atoms with E-state index in [0.29, 0.717) is 35.4 Å². The van der Waals surface area contributed by atoms with Gasteiger partial charge in [-0.15, -0.1) is 0 Å². The van der Waals surface area contributed by atoms with Crippen LogP contribution in [0.3, 0.4) is 0 Å². The summed E-state index contributed by atoms with van der Waals surface area (Å²) in [6.45, 7) is 4.52. The summed E-state index contributed by atoms with van der Waals surface area (Å²) in [5.41, 5.74) is 1.23. The largest absolute Gasteiger partial charge is 0.294 e. The molecule has 0 N–H and O–H groups in total. The highest BCUT2D eigenvalue weighted by atomic mass is 16.1. The van der Waals surface area contributed by atoms with Gasteiger partial charge in [-0.05, 0) is 54.9 Å². The Kier molecular flexibility index (Phi) is 5.21. The highest BCUT2D eigenvalue weighted by Crippen LogP contribution is 2.58. The molecule has 3 aliphatic carbocycles. The van der Waals surface area contributed by atoms with E-state index in [0.717, 1.165) is 6.42 Å². The number of hydrogen-bond acceptors (Lipinski definition) is 1. The number of ketones is 1. The topological polar surface area (TPSA) is 17.1 Å². The Hall–Kier alpha value is -0.850. The zero-order valence-electron chi connectivity index (χ0n) is 14.4. The standard InChI is InChI=1S/C21H32O/c1-3-5-7-8-9-11-18-17(10-6-4-2)19-15-12-13-16(14-15)20(19)21(18)22/h11-13,15-17,19-20H,3-10,14H2,1-2H3/b18-11+/t15-,16+,17+,19-,20-/m0/s1. The van der Waals surface area contributed by atoms with Crippen molar-refractivity contribution in [1.82, 2.24) is 0 Å². The molecule has 0 aliphatic heterocycles. The fourth-order valence-electron chi connectivity index (χ4n) is 5.21. The first-order valence-corrected chi connectivity index (χ1v) is 9.70. The molecule has 3 aliphatic rings. The molecule has 1 nitrogen and oxygen atoms in total. The van der Waals surface area contributed by atoms with E-state index in [9.17, 15) is 4.79 Å². The predicted molar refractivity (Wildman–Crippen MR) is 92.6 cm³/mol. The van der Waals surface area contributed by atoms with Gasteiger partial charge in [0.15, 0.2) is 5.78 Å². The zero-order valence-corrected chi connectivity index (χ0v) is 14.4. The Morgan fingerprint density at radius 2 is 1.82 bits per heavy atom. The molecule has 2 bridgehead atoms. The molecule has 122 valence electrons. The number of fused-ring (bicyclic) bond motifs is 5. The Bertz CT molecular complexity index is 459. The number of rotatable bonds is 8. The van der Waals surface area contributed by atoms with E-state index in [1.165, 1.54) is 56.9 Å². The number of unbranched alkanes of at least 4 members (excludes halogenated alkanes) is 5. The number of carbonyl (C=O) groups is 1. The van der Waals surface area contributed by atoms with Crippen LogP contribution in [0.25, 0.3) is 0 Å². The van der Waals surface area contributed by atoms with Gasteiger partial charge in [-0.3, -0.25) is 4.79 Å². The van der Waals surface area contributed by atoms with Crippen molar-refractivity contribution in [1.29, 1.82) is 0 Å². The van der Waals surface area contributed by atoms with Gasteiger partial charge in [0.2, 0.25) is 0 Å². The van der Waals surface area contributed by atoms with Crippen LogP contribution in [-0.4, -0.2) is 5.78 Å². The maximum atomic E-state index is 13.0. The molecule has 0 unspecified atom stereocenters. The lowest BCUT2D eigenvalue weighted by Crippen LogP contribution is -2.21. The van der Waals surface area contributed by atoms with Crippen LogP contribution in [0.1, 0.15) is 71.6 Å². The van der Waals surface area contributed by atoms with Gasteiger partial charge in [-0.1, -0.05) is 64.2 Å². The molecule has 0 aromatic carbocycles. The summed E-state index contributed by atoms with van der Waals surface area (Å²) >= 11 is 0. The molecule has 0 aromatic rings. The second-order valence-corrected chi connectivity index (χ2v) is 7.67. The molecule has 2 saturated carbocycles. The summed E-state index contributed by atoms with van der Waals surface area (Å²) in [5.74, 6) is 3.36. The summed E-state index contributed by atoms with van der Waals surface area (Å²) in [6, 6.07) is 0. The number of hydrogen-bond donors (Lipinski definition) is 0. The smallest absolute Gasteiger partial charge is 0.162 e. The number of Topliss-reactive ketones (excluding diaryl/α,β-unsaturated/α-hetero) is 1.